The van der Waals surface area contributed by atoms with Gasteiger partial charge in [0.05, 0.1) is 6.10 Å². The van der Waals surface area contributed by atoms with Crippen LogP contribution in [0.5, 0.6) is 5.75 Å². The summed E-state index contributed by atoms with van der Waals surface area (Å²) < 4.78 is 79.2. The zero-order valence-electron chi connectivity index (χ0n) is 13.2. The van der Waals surface area contributed by atoms with Gasteiger partial charge in [0.1, 0.15) is 5.75 Å². The fraction of sp³-hybridized carbons (Fsp3) is 0.625. The van der Waals surface area contributed by atoms with E-state index in [4.69, 9.17) is 0 Å². The molecule has 2 N–H and O–H groups in total. The van der Waals surface area contributed by atoms with Crippen LogP contribution in [-0.2, 0) is 6.54 Å². The van der Waals surface area contributed by atoms with Gasteiger partial charge in [0.25, 0.3) is 6.17 Å². The van der Waals surface area contributed by atoms with E-state index in [9.17, 15) is 31.4 Å². The summed E-state index contributed by atoms with van der Waals surface area (Å²) in [6, 6.07) is 5.20. The maximum absolute atomic E-state index is 13.2. The Balaban J connectivity index is 1.87. The van der Waals surface area contributed by atoms with Crippen LogP contribution in [0, 0.1) is 0 Å². The van der Waals surface area contributed by atoms with Crippen molar-refractivity contribution in [3.05, 3.63) is 29.8 Å². The van der Waals surface area contributed by atoms with Crippen LogP contribution in [0.4, 0.5) is 26.3 Å². The zero-order chi connectivity index (χ0) is 18.7. The molecule has 1 saturated carbocycles. The molecule has 9 heteroatoms. The highest BCUT2D eigenvalue weighted by molar-refractivity contribution is 5.27. The van der Waals surface area contributed by atoms with Gasteiger partial charge in [0, 0.05) is 12.6 Å². The maximum Gasteiger partial charge on any atom is 0.439 e. The number of hydrogen-bond donors (Lipinski definition) is 2. The summed E-state index contributed by atoms with van der Waals surface area (Å²) in [5.41, 5.74) is 0.717. The van der Waals surface area contributed by atoms with Gasteiger partial charge < -0.3 is 15.2 Å². The van der Waals surface area contributed by atoms with Crippen molar-refractivity contribution in [2.24, 2.45) is 0 Å². The van der Waals surface area contributed by atoms with Gasteiger partial charge in [0.15, 0.2) is 0 Å². The minimum absolute atomic E-state index is 0.239. The summed E-state index contributed by atoms with van der Waals surface area (Å²) >= 11 is 0. The molecule has 0 heterocycles. The molecular formula is C16H19F6NO2. The third-order valence-corrected chi connectivity index (χ3v) is 4.05. The third-order valence-electron chi connectivity index (χ3n) is 4.05. The normalized spacial score (nSPS) is 23.3. The summed E-state index contributed by atoms with van der Waals surface area (Å²) in [5.74, 6) is -0.554. The summed E-state index contributed by atoms with van der Waals surface area (Å²) in [6.07, 6.45) is -12.3. The Morgan fingerprint density at radius 1 is 1.04 bits per heavy atom. The molecule has 0 radical (unpaired) electrons. The molecule has 0 saturated heterocycles. The number of alkyl halides is 6. The van der Waals surface area contributed by atoms with Crippen molar-refractivity contribution in [1.29, 1.82) is 0 Å². The van der Waals surface area contributed by atoms with Gasteiger partial charge in [-0.25, -0.2) is 4.39 Å². The first-order valence-electron chi connectivity index (χ1n) is 7.86. The molecule has 1 aromatic carbocycles. The number of hydrogen-bond acceptors (Lipinski definition) is 3. The molecule has 1 aliphatic rings. The van der Waals surface area contributed by atoms with Crippen LogP contribution in [0.15, 0.2) is 24.3 Å². The molecule has 0 aromatic heterocycles. The van der Waals surface area contributed by atoms with Gasteiger partial charge in [-0.1, -0.05) is 12.1 Å². The van der Waals surface area contributed by atoms with Crippen LogP contribution in [-0.4, -0.2) is 35.7 Å². The smallest absolute Gasteiger partial charge is 0.430 e. The van der Waals surface area contributed by atoms with Crippen molar-refractivity contribution >= 4 is 0 Å². The second kappa shape index (κ2) is 7.82. The van der Waals surface area contributed by atoms with Gasteiger partial charge in [-0.3, -0.25) is 0 Å². The number of ether oxygens (including phenoxy) is 1. The largest absolute Gasteiger partial charge is 0.439 e. The molecule has 1 atom stereocenters. The predicted octanol–water partition coefficient (Wildman–Crippen LogP) is 3.95. The Hall–Kier alpha value is -1.48. The number of aliphatic hydroxyl groups excluding tert-OH is 1. The lowest BCUT2D eigenvalue weighted by atomic mass is 9.93. The van der Waals surface area contributed by atoms with E-state index >= 15 is 0 Å². The third kappa shape index (κ3) is 5.78. The molecule has 142 valence electrons. The zero-order valence-corrected chi connectivity index (χ0v) is 13.2. The number of rotatable bonds is 6. The van der Waals surface area contributed by atoms with Gasteiger partial charge in [-0.05, 0) is 43.4 Å². The number of aliphatic hydroxyl groups is 1. The summed E-state index contributed by atoms with van der Waals surface area (Å²) in [4.78, 5) is 0. The van der Waals surface area contributed by atoms with Crippen molar-refractivity contribution in [3.63, 3.8) is 0 Å². The van der Waals surface area contributed by atoms with E-state index in [1.165, 1.54) is 12.1 Å². The van der Waals surface area contributed by atoms with Gasteiger partial charge in [-0.15, -0.1) is 0 Å². The second-order valence-corrected chi connectivity index (χ2v) is 6.10. The Morgan fingerprint density at radius 2 is 1.60 bits per heavy atom. The van der Waals surface area contributed by atoms with Crippen molar-refractivity contribution in [3.8, 4) is 5.75 Å². The minimum Gasteiger partial charge on any atom is -0.430 e. The lowest BCUT2D eigenvalue weighted by Crippen LogP contribution is -2.45. The highest BCUT2D eigenvalue weighted by atomic mass is 19.4. The van der Waals surface area contributed by atoms with Crippen LogP contribution >= 0.6 is 0 Å². The highest BCUT2D eigenvalue weighted by Crippen LogP contribution is 2.36. The SMILES string of the molecule is OC1CCC(NCc2ccc(OC(F)(F)C(F)C(F)(F)F)cc2)CC1. The van der Waals surface area contributed by atoms with Gasteiger partial charge >= 0.3 is 12.3 Å². The van der Waals surface area contributed by atoms with E-state index in [1.54, 1.807) is 0 Å². The molecule has 1 fully saturated rings. The van der Waals surface area contributed by atoms with E-state index in [1.807, 2.05) is 0 Å². The van der Waals surface area contributed by atoms with Crippen LogP contribution < -0.4 is 10.1 Å². The van der Waals surface area contributed by atoms with Gasteiger partial charge in [-0.2, -0.15) is 22.0 Å². The molecule has 25 heavy (non-hydrogen) atoms. The molecule has 2 rings (SSSR count). The van der Waals surface area contributed by atoms with E-state index in [0.29, 0.717) is 19.4 Å². The molecule has 1 unspecified atom stereocenters. The van der Waals surface area contributed by atoms with Crippen LogP contribution in [0.3, 0.4) is 0 Å². The molecule has 3 nitrogen and oxygen atoms in total. The van der Waals surface area contributed by atoms with Gasteiger partial charge in [0.2, 0.25) is 0 Å². The number of benzene rings is 1. The predicted molar refractivity (Wildman–Crippen MR) is 78.1 cm³/mol. The average molecular weight is 371 g/mol. The Bertz CT molecular complexity index is 541. The first kappa shape index (κ1) is 19.8. The van der Waals surface area contributed by atoms with Crippen LogP contribution in [0.25, 0.3) is 0 Å². The molecule has 1 aliphatic carbocycles. The summed E-state index contributed by atoms with van der Waals surface area (Å²) in [7, 11) is 0. The Morgan fingerprint density at radius 3 is 2.12 bits per heavy atom. The fourth-order valence-corrected chi connectivity index (χ4v) is 2.62. The lowest BCUT2D eigenvalue weighted by Gasteiger charge is -2.26. The van der Waals surface area contributed by atoms with Crippen LogP contribution in [0.1, 0.15) is 31.2 Å². The van der Waals surface area contributed by atoms with E-state index in [2.05, 4.69) is 10.1 Å². The fourth-order valence-electron chi connectivity index (χ4n) is 2.62. The number of halogens is 6. The second-order valence-electron chi connectivity index (χ2n) is 6.10. The summed E-state index contributed by atoms with van der Waals surface area (Å²) in [5, 5.41) is 12.7. The maximum atomic E-state index is 13.2. The van der Waals surface area contributed by atoms with Crippen LogP contribution in [0.2, 0.25) is 0 Å². The highest BCUT2D eigenvalue weighted by Gasteiger charge is 2.59. The van der Waals surface area contributed by atoms with Crippen molar-refractivity contribution in [1.82, 2.24) is 5.32 Å². The molecule has 0 amide bonds. The number of nitrogens with one attached hydrogen (secondary N) is 1. The lowest BCUT2D eigenvalue weighted by molar-refractivity contribution is -0.304. The minimum atomic E-state index is -5.71. The Kier molecular flexibility index (Phi) is 6.21. The van der Waals surface area contributed by atoms with Crippen molar-refractivity contribution in [2.45, 2.75) is 62.8 Å². The van der Waals surface area contributed by atoms with Crippen molar-refractivity contribution < 1.29 is 36.2 Å². The van der Waals surface area contributed by atoms with E-state index in [0.717, 1.165) is 30.5 Å². The standard InChI is InChI=1S/C16H19F6NO2/c17-14(15(18,19)20)16(21,22)25-13-7-1-10(2-8-13)9-23-11-3-5-12(24)6-4-11/h1-2,7-8,11-12,14,23-24H,3-6,9H2. The molecular weight excluding hydrogens is 352 g/mol. The summed E-state index contributed by atoms with van der Waals surface area (Å²) in [6.45, 7) is 0.436. The first-order chi connectivity index (χ1) is 11.6. The Labute approximate surface area is 141 Å². The molecule has 0 aliphatic heterocycles. The average Bonchev–Trinajstić information content (AvgIpc) is 2.54. The molecule has 0 spiro atoms. The molecule has 0 bridgehead atoms. The topological polar surface area (TPSA) is 41.5 Å². The molecule has 1 aromatic rings. The monoisotopic (exact) mass is 371 g/mol. The van der Waals surface area contributed by atoms with E-state index in [-0.39, 0.29) is 12.1 Å². The first-order valence-corrected chi connectivity index (χ1v) is 7.86. The van der Waals surface area contributed by atoms with Crippen molar-refractivity contribution in [2.75, 3.05) is 0 Å². The quantitative estimate of drug-likeness (QED) is 0.744. The van der Waals surface area contributed by atoms with E-state index < -0.39 is 24.2 Å².